The van der Waals surface area contributed by atoms with E-state index < -0.39 is 83.8 Å². The lowest BCUT2D eigenvalue weighted by atomic mass is 9.96. The summed E-state index contributed by atoms with van der Waals surface area (Å²) >= 11 is 0. The molecular weight excluding hydrogens is 849 g/mol. The van der Waals surface area contributed by atoms with Crippen LogP contribution in [-0.2, 0) is 48.0 Å². The van der Waals surface area contributed by atoms with Crippen molar-refractivity contribution >= 4 is 35.5 Å². The number of aliphatic hydroxyl groups is 1. The molecule has 0 radical (unpaired) electrons. The molecule has 17 nitrogen and oxygen atoms in total. The second-order valence-electron chi connectivity index (χ2n) is 17.7. The van der Waals surface area contributed by atoms with E-state index in [1.54, 1.807) is 50.2 Å². The number of aliphatic carboxylic acids is 1. The number of phenolic OH excluding ortho intramolecular Hbond substituents is 3. The van der Waals surface area contributed by atoms with Gasteiger partial charge in [0, 0.05) is 45.9 Å². The minimum Gasteiger partial charge on any atom is -0.508 e. The van der Waals surface area contributed by atoms with Crippen molar-refractivity contribution < 1.29 is 54.3 Å². The molecular formula is C49H68N6O11. The number of likely N-dealkylation sites (tertiary alicyclic amines) is 1. The van der Waals surface area contributed by atoms with Gasteiger partial charge in [-0.2, -0.15) is 0 Å². The number of unbranched alkanes of at least 4 members (excludes halogenated alkanes) is 4. The Balaban J connectivity index is 1.61. The Morgan fingerprint density at radius 1 is 0.712 bits per heavy atom. The van der Waals surface area contributed by atoms with E-state index in [4.69, 9.17) is 5.73 Å². The van der Waals surface area contributed by atoms with Gasteiger partial charge in [0.15, 0.2) is 0 Å². The normalized spacial score (nSPS) is 16.4. The van der Waals surface area contributed by atoms with Crippen LogP contribution in [0.5, 0.6) is 17.2 Å². The van der Waals surface area contributed by atoms with Gasteiger partial charge in [-0.3, -0.25) is 24.0 Å². The number of carboxylic acids is 1. The summed E-state index contributed by atoms with van der Waals surface area (Å²) in [6.45, 7) is 5.69. The first kappa shape index (κ1) is 52.4. The minimum absolute atomic E-state index is 0.00275. The second-order valence-corrected chi connectivity index (χ2v) is 17.7. The van der Waals surface area contributed by atoms with Crippen molar-refractivity contribution in [3.8, 4) is 17.2 Å². The number of carboxylic acid groups (broad SMARTS) is 1. The van der Waals surface area contributed by atoms with E-state index >= 15 is 0 Å². The molecule has 1 heterocycles. The quantitative estimate of drug-likeness (QED) is 0.0603. The zero-order chi connectivity index (χ0) is 48.7. The highest BCUT2D eigenvalue weighted by Gasteiger charge is 2.43. The summed E-state index contributed by atoms with van der Waals surface area (Å²) in [6.07, 6.45) is 3.95. The Bertz CT molecular complexity index is 2080. The summed E-state index contributed by atoms with van der Waals surface area (Å²) in [6, 6.07) is 11.0. The Kier molecular flexibility index (Phi) is 19.8. The van der Waals surface area contributed by atoms with Gasteiger partial charge < -0.3 is 56.6 Å². The molecule has 0 spiro atoms. The average Bonchev–Trinajstić information content (AvgIpc) is 3.79. The third-order valence-corrected chi connectivity index (χ3v) is 12.3. The lowest BCUT2D eigenvalue weighted by Crippen LogP contribution is -2.61. The summed E-state index contributed by atoms with van der Waals surface area (Å²) in [4.78, 5) is 87.7. The number of hydrogen-bond donors (Lipinski definition) is 8. The number of carbonyl (C=O) groups excluding carboxylic acids is 5. The highest BCUT2D eigenvalue weighted by Crippen LogP contribution is 2.25. The van der Waals surface area contributed by atoms with Crippen LogP contribution in [0.1, 0.15) is 88.8 Å². The van der Waals surface area contributed by atoms with Crippen LogP contribution < -0.4 is 16.4 Å². The standard InChI is InChI=1S/C49H68N6O11/c1-6-7-8-9-10-12-37(50)43(59)45(61)51-38(27-31-14-20-34(56)21-15-31)46(62)54(5)42(30(2)3)48(64)53(4)41(29-33-18-24-36(58)25-19-33)47(63)55-26-11-13-40(55)44(60)52-39(49(65)66)28-32-16-22-35(57)23-17-32/h14-25,30,37-43,56-59H,6-13,26-29,50H2,1-5H3,(H,51,61)(H,52,60)(H,65,66)/t37?,38-,39-,40-,41-,42-,43?/m0/s1. The van der Waals surface area contributed by atoms with E-state index in [2.05, 4.69) is 17.6 Å². The lowest BCUT2D eigenvalue weighted by Gasteiger charge is -2.39. The maximum atomic E-state index is 14.9. The van der Waals surface area contributed by atoms with E-state index in [9.17, 15) is 54.3 Å². The monoisotopic (exact) mass is 916 g/mol. The zero-order valence-electron chi connectivity index (χ0n) is 38.6. The number of likely N-dealkylation sites (N-methyl/N-ethyl adjacent to an activating group) is 2. The third-order valence-electron chi connectivity index (χ3n) is 12.3. The number of benzene rings is 3. The molecule has 1 aliphatic heterocycles. The first-order valence-corrected chi connectivity index (χ1v) is 22.8. The van der Waals surface area contributed by atoms with Crippen LogP contribution >= 0.6 is 0 Å². The molecule has 0 aromatic heterocycles. The van der Waals surface area contributed by atoms with Crippen LogP contribution in [0, 0.1) is 5.92 Å². The number of rotatable bonds is 24. The maximum Gasteiger partial charge on any atom is 0.326 e. The number of aromatic hydroxyl groups is 3. The number of carbonyl (C=O) groups is 6. The highest BCUT2D eigenvalue weighted by atomic mass is 16.4. The van der Waals surface area contributed by atoms with Gasteiger partial charge in [-0.25, -0.2) is 4.79 Å². The second kappa shape index (κ2) is 24.9. The van der Waals surface area contributed by atoms with Crippen molar-refractivity contribution in [2.24, 2.45) is 11.7 Å². The number of phenols is 3. The van der Waals surface area contributed by atoms with Gasteiger partial charge in [0.2, 0.25) is 23.6 Å². The predicted molar refractivity (Wildman–Crippen MR) is 247 cm³/mol. The Labute approximate surface area is 387 Å². The first-order valence-electron chi connectivity index (χ1n) is 22.8. The highest BCUT2D eigenvalue weighted by molar-refractivity contribution is 5.97. The molecule has 66 heavy (non-hydrogen) atoms. The predicted octanol–water partition coefficient (Wildman–Crippen LogP) is 3.24. The van der Waals surface area contributed by atoms with E-state index in [1.807, 2.05) is 0 Å². The van der Waals surface area contributed by atoms with Crippen molar-refractivity contribution in [3.05, 3.63) is 89.5 Å². The molecule has 1 saturated heterocycles. The molecule has 4 rings (SSSR count). The summed E-state index contributed by atoms with van der Waals surface area (Å²) in [5.74, 6) is -5.30. The van der Waals surface area contributed by atoms with E-state index in [-0.39, 0.29) is 49.5 Å². The van der Waals surface area contributed by atoms with Gasteiger partial charge >= 0.3 is 5.97 Å². The van der Waals surface area contributed by atoms with E-state index in [0.717, 1.165) is 25.7 Å². The zero-order valence-corrected chi connectivity index (χ0v) is 38.6. The fraction of sp³-hybridized carbons (Fsp3) is 0.510. The van der Waals surface area contributed by atoms with Gasteiger partial charge in [-0.15, -0.1) is 0 Å². The minimum atomic E-state index is -1.62. The fourth-order valence-electron chi connectivity index (χ4n) is 8.38. The van der Waals surface area contributed by atoms with Crippen molar-refractivity contribution in [1.29, 1.82) is 0 Å². The molecule has 0 bridgehead atoms. The molecule has 9 N–H and O–H groups in total. The number of nitrogens with two attached hydrogens (primary N) is 1. The van der Waals surface area contributed by atoms with Crippen LogP contribution in [-0.4, -0.2) is 139 Å². The summed E-state index contributed by atoms with van der Waals surface area (Å²) in [5, 5.41) is 55.9. The van der Waals surface area contributed by atoms with Gasteiger partial charge in [-0.1, -0.05) is 89.3 Å². The number of amides is 5. The van der Waals surface area contributed by atoms with Gasteiger partial charge in [0.1, 0.15) is 53.6 Å². The molecule has 1 fully saturated rings. The smallest absolute Gasteiger partial charge is 0.326 e. The van der Waals surface area contributed by atoms with Crippen LogP contribution in [0.3, 0.4) is 0 Å². The number of nitrogens with zero attached hydrogens (tertiary/aromatic N) is 3. The average molecular weight is 917 g/mol. The summed E-state index contributed by atoms with van der Waals surface area (Å²) in [7, 11) is 2.85. The SMILES string of the molecule is CCCCCCCC(N)C(O)C(=O)N[C@@H](Cc1ccc(O)cc1)C(=O)N(C)[C@H](C(=O)N(C)[C@@H](Cc1ccc(O)cc1)C(=O)N1CCC[C@H]1C(=O)N[C@@H](Cc1ccc(O)cc1)C(=O)O)C(C)C. The number of aliphatic hydroxyl groups excluding tert-OH is 1. The van der Waals surface area contributed by atoms with Gasteiger partial charge in [0.25, 0.3) is 5.91 Å². The fourth-order valence-corrected chi connectivity index (χ4v) is 8.38. The summed E-state index contributed by atoms with van der Waals surface area (Å²) < 4.78 is 0. The van der Waals surface area contributed by atoms with Crippen LogP contribution in [0.2, 0.25) is 0 Å². The topological polar surface area (TPSA) is 263 Å². The first-order chi connectivity index (χ1) is 31.3. The lowest BCUT2D eigenvalue weighted by molar-refractivity contribution is -0.153. The van der Waals surface area contributed by atoms with Gasteiger partial charge in [0.05, 0.1) is 0 Å². The molecule has 360 valence electrons. The molecule has 0 saturated carbocycles. The molecule has 5 amide bonds. The summed E-state index contributed by atoms with van der Waals surface area (Å²) in [5.41, 5.74) is 7.94. The van der Waals surface area contributed by atoms with E-state index in [0.29, 0.717) is 36.0 Å². The van der Waals surface area contributed by atoms with Crippen LogP contribution in [0.4, 0.5) is 0 Å². The van der Waals surface area contributed by atoms with Crippen LogP contribution in [0.25, 0.3) is 0 Å². The Hall–Kier alpha value is -6.20. The number of hydrogen-bond acceptors (Lipinski definition) is 11. The molecule has 3 aromatic carbocycles. The molecule has 2 unspecified atom stereocenters. The van der Waals surface area contributed by atoms with Crippen molar-refractivity contribution in [3.63, 3.8) is 0 Å². The number of nitrogens with one attached hydrogen (secondary N) is 2. The molecule has 7 atom stereocenters. The molecule has 0 aliphatic carbocycles. The van der Waals surface area contributed by atoms with Crippen molar-refractivity contribution in [2.45, 2.75) is 134 Å². The Morgan fingerprint density at radius 3 is 1.71 bits per heavy atom. The molecule has 3 aromatic rings. The molecule has 1 aliphatic rings. The molecule has 17 heteroatoms. The third kappa shape index (κ3) is 14.7. The Morgan fingerprint density at radius 2 is 1.21 bits per heavy atom. The van der Waals surface area contributed by atoms with Crippen molar-refractivity contribution in [1.82, 2.24) is 25.3 Å². The maximum absolute atomic E-state index is 14.9. The van der Waals surface area contributed by atoms with Gasteiger partial charge in [-0.05, 0) is 78.3 Å². The van der Waals surface area contributed by atoms with E-state index in [1.165, 1.54) is 65.2 Å². The van der Waals surface area contributed by atoms with Crippen molar-refractivity contribution in [2.75, 3.05) is 20.6 Å². The van der Waals surface area contributed by atoms with Crippen LogP contribution in [0.15, 0.2) is 72.8 Å². The largest absolute Gasteiger partial charge is 0.508 e.